The molecule has 1 aromatic heterocycles. The zero-order chi connectivity index (χ0) is 34.6. The number of carbonyl (C=O) groups excluding carboxylic acids is 3. The number of allylic oxidation sites excluding steroid dienone is 1. The molecule has 9 nitrogen and oxygen atoms in total. The maximum Gasteiger partial charge on any atom is 0.311 e. The second-order valence-corrected chi connectivity index (χ2v) is 12.3. The van der Waals surface area contributed by atoms with E-state index in [1.807, 2.05) is 68.8 Å². The lowest BCUT2D eigenvalue weighted by molar-refractivity contribution is -0.144. The molecule has 0 saturated heterocycles. The number of rotatable bonds is 17. The van der Waals surface area contributed by atoms with Crippen LogP contribution in [0, 0.1) is 13.8 Å². The number of esters is 2. The van der Waals surface area contributed by atoms with Crippen molar-refractivity contribution in [1.82, 2.24) is 9.88 Å². The number of ether oxygens (including phenoxy) is 4. The van der Waals surface area contributed by atoms with Crippen molar-refractivity contribution in [3.63, 3.8) is 0 Å². The van der Waals surface area contributed by atoms with E-state index in [4.69, 9.17) is 18.9 Å². The average Bonchev–Trinajstić information content (AvgIpc) is 3.38. The Balaban J connectivity index is 1.76. The average molecular weight is 647 g/mol. The van der Waals surface area contributed by atoms with Crippen molar-refractivity contribution in [3.05, 3.63) is 88.2 Å². The molecule has 254 valence electrons. The third kappa shape index (κ3) is 11.3. The van der Waals surface area contributed by atoms with Gasteiger partial charge >= 0.3 is 11.9 Å². The fourth-order valence-electron chi connectivity index (χ4n) is 5.68. The standard InChI is InChI=1S/C38H50N2O7/c1-26-23-30(15-19-34(26)44-7)11-9-13-36(47-37(43)14-10-12-31-16-20-35(45-8)27(2)24-31)33-18-17-32(40(33)6)21-22-38(5,39-28(3)41)25-46-29(4)42/h13,15-20,23-24H,9-12,14,21-22,25H2,1-8H3,(H,39,41)/b36-13-/t38-/m1/s1. The molecule has 9 heteroatoms. The van der Waals surface area contributed by atoms with Crippen LogP contribution in [0.1, 0.15) is 80.1 Å². The van der Waals surface area contributed by atoms with Crippen LogP contribution in [0.25, 0.3) is 5.76 Å². The molecule has 0 radical (unpaired) electrons. The predicted octanol–water partition coefficient (Wildman–Crippen LogP) is 6.59. The molecule has 0 aliphatic carbocycles. The van der Waals surface area contributed by atoms with Gasteiger partial charge in [-0.05, 0) is 112 Å². The van der Waals surface area contributed by atoms with E-state index in [0.29, 0.717) is 31.4 Å². The summed E-state index contributed by atoms with van der Waals surface area (Å²) in [4.78, 5) is 36.5. The predicted molar refractivity (Wildman–Crippen MR) is 183 cm³/mol. The van der Waals surface area contributed by atoms with Crippen LogP contribution in [0.2, 0.25) is 0 Å². The van der Waals surface area contributed by atoms with Crippen LogP contribution in [0.15, 0.2) is 54.6 Å². The summed E-state index contributed by atoms with van der Waals surface area (Å²) >= 11 is 0. The molecule has 1 amide bonds. The lowest BCUT2D eigenvalue weighted by Crippen LogP contribution is -2.49. The topological polar surface area (TPSA) is 105 Å². The molecule has 3 rings (SSSR count). The van der Waals surface area contributed by atoms with E-state index >= 15 is 0 Å². The minimum atomic E-state index is -0.730. The molecule has 1 heterocycles. The first kappa shape index (κ1) is 36.9. The SMILES string of the molecule is COc1ccc(CC/C=C(\OC(=O)CCCc2ccc(OC)c(C)c2)c2ccc(CC[C@](C)(COC(C)=O)NC(C)=O)n2C)cc1C. The maximum absolute atomic E-state index is 13.1. The minimum Gasteiger partial charge on any atom is -0.496 e. The van der Waals surface area contributed by atoms with Crippen LogP contribution < -0.4 is 14.8 Å². The molecule has 1 atom stereocenters. The van der Waals surface area contributed by atoms with Gasteiger partial charge in [0.05, 0.1) is 25.5 Å². The first-order valence-corrected chi connectivity index (χ1v) is 16.1. The molecule has 0 aliphatic rings. The molecular formula is C38H50N2O7. The Morgan fingerprint density at radius 3 is 2.04 bits per heavy atom. The van der Waals surface area contributed by atoms with Crippen molar-refractivity contribution in [1.29, 1.82) is 0 Å². The van der Waals surface area contributed by atoms with Crippen LogP contribution in [-0.4, -0.2) is 48.8 Å². The van der Waals surface area contributed by atoms with Gasteiger partial charge in [-0.15, -0.1) is 0 Å². The van der Waals surface area contributed by atoms with Gasteiger partial charge in [0.1, 0.15) is 18.1 Å². The van der Waals surface area contributed by atoms with Crippen LogP contribution in [0.3, 0.4) is 0 Å². The highest BCUT2D eigenvalue weighted by atomic mass is 16.5. The molecule has 2 aromatic carbocycles. The van der Waals surface area contributed by atoms with E-state index < -0.39 is 11.5 Å². The van der Waals surface area contributed by atoms with Gasteiger partial charge in [-0.25, -0.2) is 0 Å². The van der Waals surface area contributed by atoms with Gasteiger partial charge in [-0.2, -0.15) is 0 Å². The summed E-state index contributed by atoms with van der Waals surface area (Å²) in [5.41, 5.74) is 5.49. The van der Waals surface area contributed by atoms with Crippen LogP contribution >= 0.6 is 0 Å². The first-order chi connectivity index (χ1) is 22.3. The lowest BCUT2D eigenvalue weighted by atomic mass is 9.95. The Bertz CT molecular complexity index is 1570. The molecule has 0 fully saturated rings. The summed E-state index contributed by atoms with van der Waals surface area (Å²) < 4.78 is 24.1. The Labute approximate surface area is 279 Å². The smallest absolute Gasteiger partial charge is 0.311 e. The van der Waals surface area contributed by atoms with Crippen LogP contribution in [-0.2, 0) is 50.2 Å². The van der Waals surface area contributed by atoms with Crippen molar-refractivity contribution in [2.75, 3.05) is 20.8 Å². The number of carbonyl (C=O) groups is 3. The molecule has 0 spiro atoms. The number of amides is 1. The molecule has 3 aromatic rings. The highest BCUT2D eigenvalue weighted by Gasteiger charge is 2.27. The number of nitrogens with zero attached hydrogens (tertiary/aromatic N) is 1. The molecule has 1 N–H and O–H groups in total. The molecule has 0 unspecified atom stereocenters. The summed E-state index contributed by atoms with van der Waals surface area (Å²) in [5.74, 6) is 1.33. The van der Waals surface area contributed by atoms with Gasteiger partial charge in [0.2, 0.25) is 5.91 Å². The summed E-state index contributed by atoms with van der Waals surface area (Å²) in [5, 5.41) is 2.93. The van der Waals surface area contributed by atoms with E-state index in [0.717, 1.165) is 58.0 Å². The fourth-order valence-corrected chi connectivity index (χ4v) is 5.68. The van der Waals surface area contributed by atoms with E-state index in [9.17, 15) is 14.4 Å². The van der Waals surface area contributed by atoms with Gasteiger partial charge in [0.15, 0.2) is 5.76 Å². The lowest BCUT2D eigenvalue weighted by Gasteiger charge is -2.30. The second-order valence-electron chi connectivity index (χ2n) is 12.3. The monoisotopic (exact) mass is 646 g/mol. The maximum atomic E-state index is 13.1. The fraction of sp³-hybridized carbons (Fsp3) is 0.447. The van der Waals surface area contributed by atoms with Crippen molar-refractivity contribution in [2.45, 2.75) is 85.1 Å². The Morgan fingerprint density at radius 2 is 1.49 bits per heavy atom. The largest absolute Gasteiger partial charge is 0.496 e. The third-order valence-corrected chi connectivity index (χ3v) is 8.23. The number of benzene rings is 2. The molecule has 0 saturated carbocycles. The summed E-state index contributed by atoms with van der Waals surface area (Å²) in [7, 11) is 5.26. The van der Waals surface area contributed by atoms with E-state index in [2.05, 4.69) is 23.5 Å². The van der Waals surface area contributed by atoms with Crippen molar-refractivity contribution in [2.24, 2.45) is 7.05 Å². The second kappa shape index (κ2) is 17.4. The Hall–Kier alpha value is -4.53. The number of methoxy groups -OCH3 is 2. The molecule has 47 heavy (non-hydrogen) atoms. The van der Waals surface area contributed by atoms with E-state index in [1.165, 1.54) is 13.8 Å². The van der Waals surface area contributed by atoms with Crippen LogP contribution in [0.5, 0.6) is 11.5 Å². The number of aromatic nitrogens is 1. The number of nitrogens with one attached hydrogen (secondary N) is 1. The summed E-state index contributed by atoms with van der Waals surface area (Å²) in [6.07, 6.45) is 6.25. The van der Waals surface area contributed by atoms with Gasteiger partial charge in [0, 0.05) is 33.0 Å². The quantitative estimate of drug-likeness (QED) is 0.130. The van der Waals surface area contributed by atoms with Crippen molar-refractivity contribution < 1.29 is 33.3 Å². The highest BCUT2D eigenvalue weighted by molar-refractivity contribution is 5.77. The van der Waals surface area contributed by atoms with E-state index in [1.54, 1.807) is 14.2 Å². The molecule has 0 aliphatic heterocycles. The van der Waals surface area contributed by atoms with Gasteiger partial charge in [0.25, 0.3) is 0 Å². The molecular weight excluding hydrogens is 596 g/mol. The van der Waals surface area contributed by atoms with Crippen LogP contribution in [0.4, 0.5) is 0 Å². The Morgan fingerprint density at radius 1 is 0.872 bits per heavy atom. The third-order valence-electron chi connectivity index (χ3n) is 8.23. The molecule has 0 bridgehead atoms. The number of hydrogen-bond donors (Lipinski definition) is 1. The Kier molecular flexibility index (Phi) is 13.7. The van der Waals surface area contributed by atoms with Crippen molar-refractivity contribution in [3.8, 4) is 11.5 Å². The summed E-state index contributed by atoms with van der Waals surface area (Å²) in [6, 6.07) is 16.2. The van der Waals surface area contributed by atoms with Gasteiger partial charge in [-0.3, -0.25) is 14.4 Å². The normalized spacial score (nSPS) is 12.6. The summed E-state index contributed by atoms with van der Waals surface area (Å²) in [6.45, 7) is 8.76. The first-order valence-electron chi connectivity index (χ1n) is 16.1. The zero-order valence-electron chi connectivity index (χ0n) is 29.2. The number of aryl methyl sites for hydroxylation is 5. The van der Waals surface area contributed by atoms with Gasteiger partial charge in [-0.1, -0.05) is 24.3 Å². The highest BCUT2D eigenvalue weighted by Crippen LogP contribution is 2.25. The number of hydrogen-bond acceptors (Lipinski definition) is 7. The van der Waals surface area contributed by atoms with Crippen molar-refractivity contribution >= 4 is 23.6 Å². The zero-order valence-corrected chi connectivity index (χ0v) is 29.2. The minimum absolute atomic E-state index is 0.0723. The van der Waals surface area contributed by atoms with E-state index in [-0.39, 0.29) is 24.9 Å². The van der Waals surface area contributed by atoms with Gasteiger partial charge < -0.3 is 28.8 Å².